The van der Waals surface area contributed by atoms with Crippen molar-refractivity contribution in [2.45, 2.75) is 40.0 Å². The van der Waals surface area contributed by atoms with Gasteiger partial charge in [0.2, 0.25) is 0 Å². The summed E-state index contributed by atoms with van der Waals surface area (Å²) in [6, 6.07) is 19.0. The van der Waals surface area contributed by atoms with E-state index in [1.807, 2.05) is 18.2 Å². The van der Waals surface area contributed by atoms with Gasteiger partial charge in [-0.3, -0.25) is 4.48 Å². The average molecular weight is 479 g/mol. The smallest absolute Gasteiger partial charge is 0.333 e. The highest BCUT2D eigenvalue weighted by atomic mass is 16.5. The van der Waals surface area contributed by atoms with E-state index in [0.717, 1.165) is 48.3 Å². The van der Waals surface area contributed by atoms with E-state index in [0.29, 0.717) is 31.1 Å². The summed E-state index contributed by atoms with van der Waals surface area (Å²) in [4.78, 5) is 12.3. The zero-order chi connectivity index (χ0) is 25.1. The maximum absolute atomic E-state index is 12.3. The summed E-state index contributed by atoms with van der Waals surface area (Å²) in [6.07, 6.45) is 6.67. The molecule has 5 nitrogen and oxygen atoms in total. The molecule has 1 atom stereocenters. The summed E-state index contributed by atoms with van der Waals surface area (Å²) in [7, 11) is 1.45. The van der Waals surface area contributed by atoms with Gasteiger partial charge in [0.15, 0.2) is 0 Å². The third-order valence-corrected chi connectivity index (χ3v) is 6.26. The molecule has 1 aliphatic rings. The molecule has 188 valence electrons. The first-order chi connectivity index (χ1) is 17.0. The maximum atomic E-state index is 12.3. The van der Waals surface area contributed by atoms with Gasteiger partial charge in [0.25, 0.3) is 0 Å². The van der Waals surface area contributed by atoms with Gasteiger partial charge in [-0.2, -0.15) is 0 Å². The van der Waals surface area contributed by atoms with Gasteiger partial charge in [-0.25, -0.2) is 4.79 Å². The number of hydrogen-bond acceptors (Lipinski definition) is 4. The van der Waals surface area contributed by atoms with Crippen molar-refractivity contribution >= 4 is 17.4 Å². The second-order valence-electron chi connectivity index (χ2n) is 9.43. The summed E-state index contributed by atoms with van der Waals surface area (Å²) in [5.41, 5.74) is 4.26. The van der Waals surface area contributed by atoms with Gasteiger partial charge in [0.05, 0.1) is 26.8 Å². The van der Waals surface area contributed by atoms with Crippen molar-refractivity contribution in [3.05, 3.63) is 77.9 Å². The van der Waals surface area contributed by atoms with Crippen LogP contribution in [0.15, 0.2) is 72.3 Å². The fourth-order valence-electron chi connectivity index (χ4n) is 4.80. The number of nitrogens with zero attached hydrogens (tertiary/aromatic N) is 1. The maximum Gasteiger partial charge on any atom is 0.333 e. The molecule has 0 spiro atoms. The highest BCUT2D eigenvalue weighted by Crippen LogP contribution is 2.38. The van der Waals surface area contributed by atoms with Crippen LogP contribution in [0.2, 0.25) is 0 Å². The van der Waals surface area contributed by atoms with Crippen molar-refractivity contribution in [1.82, 2.24) is 4.48 Å². The lowest BCUT2D eigenvalue weighted by Gasteiger charge is -2.41. The van der Waals surface area contributed by atoms with Crippen LogP contribution in [0.25, 0.3) is 5.70 Å². The van der Waals surface area contributed by atoms with E-state index in [1.165, 1.54) is 18.5 Å². The number of carbonyl (C=O) groups is 1. The minimum Gasteiger partial charge on any atom is -0.491 e. The zero-order valence-corrected chi connectivity index (χ0v) is 21.7. The van der Waals surface area contributed by atoms with Gasteiger partial charge in [0.1, 0.15) is 23.7 Å². The Kier molecular flexibility index (Phi) is 10.1. The molecule has 2 aromatic carbocycles. The Morgan fingerprint density at radius 2 is 1.71 bits per heavy atom. The molecule has 0 amide bonds. The molecular formula is C30H40NO4+. The lowest BCUT2D eigenvalue weighted by molar-refractivity contribution is -0.136. The zero-order valence-electron chi connectivity index (χ0n) is 21.7. The molecule has 0 bridgehead atoms. The predicted octanol–water partition coefficient (Wildman–Crippen LogP) is 6.39. The minimum absolute atomic E-state index is 0.252. The molecule has 2 aromatic rings. The average Bonchev–Trinajstić information content (AvgIpc) is 2.86. The van der Waals surface area contributed by atoms with Crippen LogP contribution < -0.4 is 9.22 Å². The van der Waals surface area contributed by atoms with Gasteiger partial charge in [-0.1, -0.05) is 39.0 Å². The van der Waals surface area contributed by atoms with Gasteiger partial charge in [0, 0.05) is 36.2 Å². The normalized spacial score (nSPS) is 18.3. The summed E-state index contributed by atoms with van der Waals surface area (Å²) in [6.45, 7) is 10.4. The first-order valence-electron chi connectivity index (χ1n) is 12.7. The SMILES string of the molecule is CCCOCCOc1ccc(C2=CC=C(C(=O)OC)CCC[N+]2(CC(C)C)c2ccccc2)cc1. The highest BCUT2D eigenvalue weighted by molar-refractivity contribution is 5.89. The molecule has 5 heteroatoms. The molecule has 0 fully saturated rings. The lowest BCUT2D eigenvalue weighted by Crippen LogP contribution is -2.51. The first-order valence-corrected chi connectivity index (χ1v) is 12.7. The molecule has 0 aromatic heterocycles. The van der Waals surface area contributed by atoms with Crippen molar-refractivity contribution in [1.29, 1.82) is 0 Å². The molecule has 1 unspecified atom stereocenters. The van der Waals surface area contributed by atoms with Crippen LogP contribution in [0.3, 0.4) is 0 Å². The fourth-order valence-corrected chi connectivity index (χ4v) is 4.80. The number of para-hydroxylation sites is 1. The number of hydrogen-bond donors (Lipinski definition) is 0. The standard InChI is InChI=1S/C30H40NO4/c1-5-20-34-21-22-35-28-16-13-25(14-17-28)29-18-15-26(30(32)33-4)10-9-19-31(29,23-24(2)3)27-11-7-6-8-12-27/h6-8,11-18,24H,5,9-10,19-23H2,1-4H3/q+1. The Morgan fingerprint density at radius 1 is 0.971 bits per heavy atom. The van der Waals surface area contributed by atoms with E-state index in [-0.39, 0.29) is 5.97 Å². The molecule has 1 aliphatic heterocycles. The number of quaternary nitrogens is 1. The molecule has 3 rings (SSSR count). The topological polar surface area (TPSA) is 44.8 Å². The monoisotopic (exact) mass is 478 g/mol. The largest absolute Gasteiger partial charge is 0.491 e. The van der Waals surface area contributed by atoms with E-state index in [1.54, 1.807) is 0 Å². The Balaban J connectivity index is 2.02. The van der Waals surface area contributed by atoms with Crippen molar-refractivity contribution < 1.29 is 19.0 Å². The fraction of sp³-hybridized carbons (Fsp3) is 0.433. The summed E-state index contributed by atoms with van der Waals surface area (Å²) in [5, 5.41) is 0. The minimum atomic E-state index is -0.252. The Labute approximate surface area is 210 Å². The second kappa shape index (κ2) is 13.3. The highest BCUT2D eigenvalue weighted by Gasteiger charge is 2.37. The van der Waals surface area contributed by atoms with Crippen molar-refractivity contribution in [2.24, 2.45) is 5.92 Å². The van der Waals surface area contributed by atoms with Crippen LogP contribution >= 0.6 is 0 Å². The van der Waals surface area contributed by atoms with Crippen LogP contribution in [0.5, 0.6) is 5.75 Å². The van der Waals surface area contributed by atoms with Gasteiger partial charge < -0.3 is 14.2 Å². The molecule has 35 heavy (non-hydrogen) atoms. The van der Waals surface area contributed by atoms with Gasteiger partial charge in [-0.05, 0) is 55.3 Å². The van der Waals surface area contributed by atoms with E-state index in [2.05, 4.69) is 69.3 Å². The summed E-state index contributed by atoms with van der Waals surface area (Å²) in [5.74, 6) is 1.05. The molecule has 0 saturated heterocycles. The van der Waals surface area contributed by atoms with Crippen LogP contribution in [0.4, 0.5) is 5.69 Å². The number of allylic oxidation sites excluding steroid dienone is 2. The van der Waals surface area contributed by atoms with Crippen molar-refractivity contribution in [2.75, 3.05) is 40.0 Å². The van der Waals surface area contributed by atoms with Crippen LogP contribution in [-0.4, -0.2) is 46.0 Å². The first kappa shape index (κ1) is 26.7. The van der Waals surface area contributed by atoms with Crippen LogP contribution in [0.1, 0.15) is 45.6 Å². The molecule has 0 N–H and O–H groups in total. The Hall–Kier alpha value is -2.89. The molecular weight excluding hydrogens is 438 g/mol. The third kappa shape index (κ3) is 7.06. The van der Waals surface area contributed by atoms with Crippen molar-refractivity contribution in [3.8, 4) is 5.75 Å². The molecule has 0 aliphatic carbocycles. The van der Waals surface area contributed by atoms with Gasteiger partial charge >= 0.3 is 5.97 Å². The number of benzene rings is 2. The number of esters is 1. The second-order valence-corrected chi connectivity index (χ2v) is 9.43. The van der Waals surface area contributed by atoms with E-state index in [9.17, 15) is 4.79 Å². The Bertz CT molecular complexity index is 995. The molecule has 0 saturated carbocycles. The lowest BCUT2D eigenvalue weighted by atomic mass is 9.97. The molecule has 1 heterocycles. The number of carbonyl (C=O) groups excluding carboxylic acids is 1. The van der Waals surface area contributed by atoms with E-state index in [4.69, 9.17) is 14.2 Å². The van der Waals surface area contributed by atoms with Crippen LogP contribution in [0, 0.1) is 5.92 Å². The number of ether oxygens (including phenoxy) is 3. The van der Waals surface area contributed by atoms with E-state index >= 15 is 0 Å². The molecule has 0 radical (unpaired) electrons. The van der Waals surface area contributed by atoms with E-state index < -0.39 is 0 Å². The summed E-state index contributed by atoms with van der Waals surface area (Å²) < 4.78 is 17.2. The predicted molar refractivity (Wildman–Crippen MR) is 143 cm³/mol. The third-order valence-electron chi connectivity index (χ3n) is 6.26. The number of methoxy groups -OCH3 is 1. The van der Waals surface area contributed by atoms with Gasteiger partial charge in [-0.15, -0.1) is 0 Å². The summed E-state index contributed by atoms with van der Waals surface area (Å²) >= 11 is 0. The quantitative estimate of drug-likeness (QED) is 0.213. The number of rotatable bonds is 11. The van der Waals surface area contributed by atoms with Crippen molar-refractivity contribution in [3.63, 3.8) is 0 Å². The van der Waals surface area contributed by atoms with Crippen LogP contribution in [-0.2, 0) is 14.3 Å². The Morgan fingerprint density at radius 3 is 2.37 bits per heavy atom.